The summed E-state index contributed by atoms with van der Waals surface area (Å²) in [4.78, 5) is 29.0. The van der Waals surface area contributed by atoms with Crippen LogP contribution in [-0.4, -0.2) is 60.5 Å². The first-order valence-electron chi connectivity index (χ1n) is 9.35. The molecule has 3 amide bonds. The van der Waals surface area contributed by atoms with Crippen molar-refractivity contribution >= 4 is 29.2 Å². The quantitative estimate of drug-likeness (QED) is 0.845. The summed E-state index contributed by atoms with van der Waals surface area (Å²) in [5.74, 6) is -0.193. The van der Waals surface area contributed by atoms with Crippen LogP contribution in [0.15, 0.2) is 18.2 Å². The molecule has 2 aliphatic rings. The summed E-state index contributed by atoms with van der Waals surface area (Å²) in [5, 5.41) is 6.06. The zero-order chi connectivity index (χ0) is 18.7. The van der Waals surface area contributed by atoms with Gasteiger partial charge in [0.25, 0.3) is 5.91 Å². The van der Waals surface area contributed by atoms with Gasteiger partial charge in [-0.1, -0.05) is 18.5 Å². The minimum absolute atomic E-state index is 0.106. The van der Waals surface area contributed by atoms with Crippen LogP contribution in [0.1, 0.15) is 43.0 Å². The minimum Gasteiger partial charge on any atom is -0.352 e. The Morgan fingerprint density at radius 3 is 2.73 bits per heavy atom. The molecule has 0 radical (unpaired) electrons. The summed E-state index contributed by atoms with van der Waals surface area (Å²) in [6, 6.07) is 5.94. The normalized spacial score (nSPS) is 22.8. The highest BCUT2D eigenvalue weighted by molar-refractivity contribution is 6.34. The van der Waals surface area contributed by atoms with Crippen LogP contribution in [-0.2, 0) is 0 Å². The van der Waals surface area contributed by atoms with E-state index in [1.54, 1.807) is 18.2 Å². The van der Waals surface area contributed by atoms with Crippen LogP contribution < -0.4 is 10.6 Å². The molecule has 142 valence electrons. The largest absolute Gasteiger partial charge is 0.352 e. The van der Waals surface area contributed by atoms with Crippen LogP contribution >= 0.6 is 11.6 Å². The summed E-state index contributed by atoms with van der Waals surface area (Å²) in [6.45, 7) is 4.12. The number of hydrogen-bond acceptors (Lipinski definition) is 3. The number of benzene rings is 1. The molecule has 1 aromatic rings. The molecule has 6 nitrogen and oxygen atoms in total. The molecule has 1 aromatic carbocycles. The number of nitrogens with zero attached hydrogens (tertiary/aromatic N) is 2. The lowest BCUT2D eigenvalue weighted by atomic mass is 10.1. The Kier molecular flexibility index (Phi) is 6.04. The number of anilines is 1. The van der Waals surface area contributed by atoms with Crippen LogP contribution in [0.4, 0.5) is 10.5 Å². The van der Waals surface area contributed by atoms with Gasteiger partial charge in [0.2, 0.25) is 0 Å². The van der Waals surface area contributed by atoms with E-state index in [0.717, 1.165) is 32.4 Å². The van der Waals surface area contributed by atoms with Crippen molar-refractivity contribution in [1.29, 1.82) is 0 Å². The average molecular weight is 379 g/mol. The zero-order valence-corrected chi connectivity index (χ0v) is 16.2. The predicted octanol–water partition coefficient (Wildman–Crippen LogP) is 3.18. The number of likely N-dealkylation sites (tertiary alicyclic amines) is 1. The summed E-state index contributed by atoms with van der Waals surface area (Å²) in [7, 11) is 2.16. The van der Waals surface area contributed by atoms with Crippen molar-refractivity contribution in [3.8, 4) is 0 Å². The lowest BCUT2D eigenvalue weighted by molar-refractivity contribution is 0.0954. The first-order chi connectivity index (χ1) is 12.5. The Hall–Kier alpha value is -1.79. The fourth-order valence-electron chi connectivity index (χ4n) is 3.81. The van der Waals surface area contributed by atoms with E-state index in [-0.39, 0.29) is 11.9 Å². The monoisotopic (exact) mass is 378 g/mol. The van der Waals surface area contributed by atoms with Crippen LogP contribution in [0.2, 0.25) is 5.02 Å². The third kappa shape index (κ3) is 4.13. The lowest BCUT2D eigenvalue weighted by Gasteiger charge is -2.26. The highest BCUT2D eigenvalue weighted by atomic mass is 35.5. The van der Waals surface area contributed by atoms with Gasteiger partial charge in [0.15, 0.2) is 0 Å². The molecule has 26 heavy (non-hydrogen) atoms. The van der Waals surface area contributed by atoms with Gasteiger partial charge < -0.3 is 15.5 Å². The Balaban J connectivity index is 1.62. The Morgan fingerprint density at radius 1 is 1.23 bits per heavy atom. The molecule has 0 aliphatic carbocycles. The van der Waals surface area contributed by atoms with Gasteiger partial charge >= 0.3 is 6.03 Å². The second-order valence-corrected chi connectivity index (χ2v) is 7.57. The third-order valence-electron chi connectivity index (χ3n) is 5.44. The standard InChI is InChI=1S/C19H27ClN4O2/c1-3-9-21-18(25)16-7-4-13(11-17(16)20)22-19(26)24-10-8-14-5-6-15(12-24)23(14)2/h4,7,11,14-15H,3,5-6,8-10,12H2,1-2H3,(H,21,25)(H,22,26)/t14-,15+/m1/s1. The third-order valence-corrected chi connectivity index (χ3v) is 5.75. The van der Waals surface area contributed by atoms with E-state index in [0.29, 0.717) is 34.9 Å². The molecule has 3 rings (SSSR count). The van der Waals surface area contributed by atoms with E-state index in [1.807, 2.05) is 11.8 Å². The topological polar surface area (TPSA) is 64.7 Å². The van der Waals surface area contributed by atoms with Crippen molar-refractivity contribution in [2.24, 2.45) is 0 Å². The molecule has 0 saturated carbocycles. The number of likely N-dealkylation sites (N-methyl/N-ethyl adjacent to an activating group) is 1. The van der Waals surface area contributed by atoms with Crippen molar-refractivity contribution in [1.82, 2.24) is 15.1 Å². The van der Waals surface area contributed by atoms with Gasteiger partial charge in [-0.05, 0) is 50.9 Å². The number of fused-ring (bicyclic) bond motifs is 2. The van der Waals surface area contributed by atoms with Crippen molar-refractivity contribution in [3.63, 3.8) is 0 Å². The number of rotatable bonds is 4. The second kappa shape index (κ2) is 8.27. The molecule has 2 fully saturated rings. The Labute approximate surface area is 159 Å². The Bertz CT molecular complexity index is 682. The van der Waals surface area contributed by atoms with Gasteiger partial charge in [-0.25, -0.2) is 4.79 Å². The number of urea groups is 1. The fourth-order valence-corrected chi connectivity index (χ4v) is 4.07. The highest BCUT2D eigenvalue weighted by Gasteiger charge is 2.35. The van der Waals surface area contributed by atoms with Crippen molar-refractivity contribution in [2.45, 2.75) is 44.7 Å². The van der Waals surface area contributed by atoms with Crippen LogP contribution in [0.3, 0.4) is 0 Å². The molecule has 0 spiro atoms. The van der Waals surface area contributed by atoms with Crippen molar-refractivity contribution in [3.05, 3.63) is 28.8 Å². The van der Waals surface area contributed by atoms with Crippen LogP contribution in [0.5, 0.6) is 0 Å². The van der Waals surface area contributed by atoms with E-state index in [9.17, 15) is 9.59 Å². The molecule has 0 aromatic heterocycles. The average Bonchev–Trinajstić information content (AvgIpc) is 2.85. The Morgan fingerprint density at radius 2 is 2.00 bits per heavy atom. The summed E-state index contributed by atoms with van der Waals surface area (Å²) in [5.41, 5.74) is 1.03. The maximum Gasteiger partial charge on any atom is 0.321 e. The molecule has 2 N–H and O–H groups in total. The number of amides is 3. The minimum atomic E-state index is -0.193. The van der Waals surface area contributed by atoms with Crippen LogP contribution in [0, 0.1) is 0 Å². The molecule has 2 saturated heterocycles. The number of carbonyl (C=O) groups is 2. The fraction of sp³-hybridized carbons (Fsp3) is 0.579. The van der Waals surface area contributed by atoms with Gasteiger partial charge in [-0.2, -0.15) is 0 Å². The summed E-state index contributed by atoms with van der Waals surface area (Å²) < 4.78 is 0. The van der Waals surface area contributed by atoms with Gasteiger partial charge in [-0.3, -0.25) is 9.69 Å². The summed E-state index contributed by atoms with van der Waals surface area (Å²) in [6.07, 6.45) is 4.26. The van der Waals surface area contributed by atoms with E-state index < -0.39 is 0 Å². The SMILES string of the molecule is CCCNC(=O)c1ccc(NC(=O)N2CC[C@H]3CC[C@@H](C2)N3C)cc1Cl. The zero-order valence-electron chi connectivity index (χ0n) is 15.4. The molecular weight excluding hydrogens is 352 g/mol. The first kappa shape index (κ1) is 19.0. The lowest BCUT2D eigenvalue weighted by Crippen LogP contribution is -2.41. The van der Waals surface area contributed by atoms with Crippen LogP contribution in [0.25, 0.3) is 0 Å². The molecule has 7 heteroatoms. The van der Waals surface area contributed by atoms with Crippen molar-refractivity contribution < 1.29 is 9.59 Å². The van der Waals surface area contributed by atoms with Gasteiger partial charge in [-0.15, -0.1) is 0 Å². The van der Waals surface area contributed by atoms with Gasteiger partial charge in [0, 0.05) is 37.4 Å². The number of carbonyl (C=O) groups excluding carboxylic acids is 2. The van der Waals surface area contributed by atoms with E-state index >= 15 is 0 Å². The second-order valence-electron chi connectivity index (χ2n) is 7.17. The molecule has 2 bridgehead atoms. The molecular formula is C19H27ClN4O2. The molecule has 2 heterocycles. The molecule has 0 unspecified atom stereocenters. The smallest absolute Gasteiger partial charge is 0.321 e. The van der Waals surface area contributed by atoms with Crippen molar-refractivity contribution in [2.75, 3.05) is 32.0 Å². The number of halogens is 1. The maximum atomic E-state index is 12.6. The number of hydrogen-bond donors (Lipinski definition) is 2. The highest BCUT2D eigenvalue weighted by Crippen LogP contribution is 2.29. The molecule has 2 aliphatic heterocycles. The van der Waals surface area contributed by atoms with Gasteiger partial charge in [0.05, 0.1) is 10.6 Å². The number of nitrogens with one attached hydrogen (secondary N) is 2. The van der Waals surface area contributed by atoms with Gasteiger partial charge in [0.1, 0.15) is 0 Å². The summed E-state index contributed by atoms with van der Waals surface area (Å²) >= 11 is 6.24. The van der Waals surface area contributed by atoms with E-state index in [4.69, 9.17) is 11.6 Å². The van der Waals surface area contributed by atoms with E-state index in [1.165, 1.54) is 6.42 Å². The first-order valence-corrected chi connectivity index (χ1v) is 9.73. The predicted molar refractivity (Wildman–Crippen MR) is 104 cm³/mol. The maximum absolute atomic E-state index is 12.6. The molecule has 2 atom stereocenters. The van der Waals surface area contributed by atoms with E-state index in [2.05, 4.69) is 22.6 Å².